The maximum absolute atomic E-state index is 12.9. The summed E-state index contributed by atoms with van der Waals surface area (Å²) in [5.74, 6) is 0.414. The van der Waals surface area contributed by atoms with Crippen molar-refractivity contribution in [1.29, 1.82) is 0 Å². The average Bonchev–Trinajstić information content (AvgIpc) is 3.15. The molecule has 1 atom stereocenters. The SMILES string of the molecule is CCC1(C)OC(c2ccc(S(N)(=O)=O)cc2)=C(c2ccsc2)C1=O. The van der Waals surface area contributed by atoms with Crippen molar-refractivity contribution in [2.75, 3.05) is 0 Å². The lowest BCUT2D eigenvalue weighted by atomic mass is 9.91. The highest BCUT2D eigenvalue weighted by Gasteiger charge is 2.45. The van der Waals surface area contributed by atoms with Gasteiger partial charge in [-0.3, -0.25) is 4.79 Å². The van der Waals surface area contributed by atoms with Crippen molar-refractivity contribution < 1.29 is 17.9 Å². The van der Waals surface area contributed by atoms with Crippen LogP contribution in [0.4, 0.5) is 0 Å². The summed E-state index contributed by atoms with van der Waals surface area (Å²) in [5.41, 5.74) is 1.08. The minimum absolute atomic E-state index is 0.0199. The molecule has 0 amide bonds. The Labute approximate surface area is 144 Å². The van der Waals surface area contributed by atoms with E-state index >= 15 is 0 Å². The molecule has 126 valence electrons. The molecule has 0 bridgehead atoms. The van der Waals surface area contributed by atoms with Gasteiger partial charge >= 0.3 is 0 Å². The van der Waals surface area contributed by atoms with Crippen LogP contribution >= 0.6 is 11.3 Å². The first kappa shape index (κ1) is 16.9. The van der Waals surface area contributed by atoms with Gasteiger partial charge in [-0.15, -0.1) is 0 Å². The molecule has 0 saturated carbocycles. The molecule has 1 aromatic carbocycles. The Bertz CT molecular complexity index is 912. The maximum atomic E-state index is 12.9. The first-order valence-corrected chi connectivity index (χ1v) is 9.89. The zero-order chi connectivity index (χ0) is 17.5. The van der Waals surface area contributed by atoms with Crippen molar-refractivity contribution in [3.63, 3.8) is 0 Å². The Morgan fingerprint density at radius 3 is 2.33 bits per heavy atom. The van der Waals surface area contributed by atoms with Gasteiger partial charge in [0.05, 0.1) is 10.5 Å². The Morgan fingerprint density at radius 1 is 1.17 bits per heavy atom. The van der Waals surface area contributed by atoms with Crippen LogP contribution in [0.1, 0.15) is 31.4 Å². The van der Waals surface area contributed by atoms with E-state index in [0.29, 0.717) is 23.3 Å². The second-order valence-electron chi connectivity index (χ2n) is 5.80. The van der Waals surface area contributed by atoms with Crippen molar-refractivity contribution in [3.8, 4) is 0 Å². The molecule has 0 saturated heterocycles. The Kier molecular flexibility index (Phi) is 4.11. The highest BCUT2D eigenvalue weighted by molar-refractivity contribution is 7.89. The van der Waals surface area contributed by atoms with Gasteiger partial charge in [-0.2, -0.15) is 11.3 Å². The highest BCUT2D eigenvalue weighted by atomic mass is 32.2. The fourth-order valence-electron chi connectivity index (χ4n) is 2.59. The molecule has 5 nitrogen and oxygen atoms in total. The van der Waals surface area contributed by atoms with E-state index in [4.69, 9.17) is 9.88 Å². The number of hydrogen-bond donors (Lipinski definition) is 1. The van der Waals surface area contributed by atoms with Crippen LogP contribution in [-0.2, 0) is 19.6 Å². The van der Waals surface area contributed by atoms with Crippen LogP contribution in [0.25, 0.3) is 11.3 Å². The summed E-state index contributed by atoms with van der Waals surface area (Å²) < 4.78 is 28.8. The van der Waals surface area contributed by atoms with Gasteiger partial charge in [0.15, 0.2) is 5.60 Å². The lowest BCUT2D eigenvalue weighted by Gasteiger charge is -2.21. The van der Waals surface area contributed by atoms with E-state index in [0.717, 1.165) is 5.56 Å². The number of sulfonamides is 1. The van der Waals surface area contributed by atoms with Crippen molar-refractivity contribution in [2.24, 2.45) is 5.14 Å². The van der Waals surface area contributed by atoms with Gasteiger partial charge in [0.1, 0.15) is 5.76 Å². The van der Waals surface area contributed by atoms with Crippen LogP contribution < -0.4 is 5.14 Å². The molecule has 3 rings (SSSR count). The molecule has 1 aliphatic rings. The minimum Gasteiger partial charge on any atom is -0.478 e. The van der Waals surface area contributed by atoms with Crippen LogP contribution in [0.5, 0.6) is 0 Å². The zero-order valence-corrected chi connectivity index (χ0v) is 14.9. The van der Waals surface area contributed by atoms with Crippen LogP contribution in [0.3, 0.4) is 0 Å². The maximum Gasteiger partial charge on any atom is 0.238 e. The first-order valence-electron chi connectivity index (χ1n) is 7.40. The van der Waals surface area contributed by atoms with Gasteiger partial charge < -0.3 is 4.74 Å². The molecule has 2 N–H and O–H groups in total. The third-order valence-corrected chi connectivity index (χ3v) is 5.80. The summed E-state index contributed by atoms with van der Waals surface area (Å²) in [4.78, 5) is 12.9. The quantitative estimate of drug-likeness (QED) is 0.904. The molecule has 0 fully saturated rings. The third kappa shape index (κ3) is 2.79. The van der Waals surface area contributed by atoms with E-state index in [2.05, 4.69) is 0 Å². The lowest BCUT2D eigenvalue weighted by molar-refractivity contribution is -0.126. The van der Waals surface area contributed by atoms with Gasteiger partial charge in [0.2, 0.25) is 15.8 Å². The smallest absolute Gasteiger partial charge is 0.238 e. The number of carbonyl (C=O) groups is 1. The van der Waals surface area contributed by atoms with Crippen LogP contribution in [0.2, 0.25) is 0 Å². The fourth-order valence-corrected chi connectivity index (χ4v) is 3.75. The summed E-state index contributed by atoms with van der Waals surface area (Å²) in [6.07, 6.45) is 0.540. The summed E-state index contributed by atoms with van der Waals surface area (Å²) in [6.45, 7) is 3.67. The van der Waals surface area contributed by atoms with Gasteiger partial charge in [-0.1, -0.05) is 6.92 Å². The second kappa shape index (κ2) is 5.84. The summed E-state index contributed by atoms with van der Waals surface area (Å²) in [7, 11) is -3.76. The predicted octanol–water partition coefficient (Wildman–Crippen LogP) is 3.03. The van der Waals surface area contributed by atoms with E-state index in [1.165, 1.54) is 23.5 Å². The standard InChI is InChI=1S/C17H17NO4S2/c1-3-17(2)16(19)14(12-8-9-23-10-12)15(22-17)11-4-6-13(7-5-11)24(18,20)21/h4-10H,3H2,1-2H3,(H2,18,20,21). The van der Waals surface area contributed by atoms with Crippen molar-refractivity contribution >= 4 is 38.5 Å². The van der Waals surface area contributed by atoms with E-state index in [9.17, 15) is 13.2 Å². The molecule has 1 unspecified atom stereocenters. The summed E-state index contributed by atoms with van der Waals surface area (Å²) >= 11 is 1.50. The zero-order valence-electron chi connectivity index (χ0n) is 13.3. The van der Waals surface area contributed by atoms with Crippen LogP contribution in [0.15, 0.2) is 46.0 Å². The lowest BCUT2D eigenvalue weighted by Crippen LogP contribution is -2.32. The number of rotatable bonds is 4. The molecular formula is C17H17NO4S2. The summed E-state index contributed by atoms with van der Waals surface area (Å²) in [5, 5.41) is 8.93. The van der Waals surface area contributed by atoms with Crippen molar-refractivity contribution in [2.45, 2.75) is 30.8 Å². The number of ketones is 1. The molecule has 24 heavy (non-hydrogen) atoms. The van der Waals surface area contributed by atoms with Crippen molar-refractivity contribution in [1.82, 2.24) is 0 Å². The van der Waals surface area contributed by atoms with Gasteiger partial charge in [-0.25, -0.2) is 13.6 Å². The van der Waals surface area contributed by atoms with E-state index in [-0.39, 0.29) is 10.7 Å². The second-order valence-corrected chi connectivity index (χ2v) is 8.14. The predicted molar refractivity (Wildman–Crippen MR) is 93.7 cm³/mol. The molecule has 2 aromatic rings. The number of nitrogens with two attached hydrogens (primary N) is 1. The van der Waals surface area contributed by atoms with Gasteiger partial charge in [-0.05, 0) is 60.0 Å². The highest BCUT2D eigenvalue weighted by Crippen LogP contribution is 2.43. The molecule has 1 aliphatic heterocycles. The van der Waals surface area contributed by atoms with Gasteiger partial charge in [0, 0.05) is 5.56 Å². The number of ether oxygens (including phenoxy) is 1. The topological polar surface area (TPSA) is 86.5 Å². The van der Waals surface area contributed by atoms with Crippen LogP contribution in [-0.4, -0.2) is 19.8 Å². The third-order valence-electron chi connectivity index (χ3n) is 4.19. The number of Topliss-reactive ketones (excluding diaryl/α,β-unsaturated/α-hetero) is 1. The number of hydrogen-bond acceptors (Lipinski definition) is 5. The molecule has 1 aromatic heterocycles. The molecular weight excluding hydrogens is 346 g/mol. The van der Waals surface area contributed by atoms with Crippen molar-refractivity contribution in [3.05, 3.63) is 52.2 Å². The molecule has 0 radical (unpaired) electrons. The fraction of sp³-hybridized carbons (Fsp3) is 0.235. The first-order chi connectivity index (χ1) is 11.3. The van der Waals surface area contributed by atoms with Crippen LogP contribution in [0, 0.1) is 0 Å². The van der Waals surface area contributed by atoms with Gasteiger partial charge in [0.25, 0.3) is 0 Å². The monoisotopic (exact) mass is 363 g/mol. The Hall–Kier alpha value is -1.96. The number of primary sulfonamides is 1. The minimum atomic E-state index is -3.76. The Balaban J connectivity index is 2.13. The van der Waals surface area contributed by atoms with E-state index in [1.807, 2.05) is 23.8 Å². The molecule has 0 aliphatic carbocycles. The Morgan fingerprint density at radius 2 is 1.83 bits per heavy atom. The number of benzene rings is 1. The average molecular weight is 363 g/mol. The summed E-state index contributed by atoms with van der Waals surface area (Å²) in [6, 6.07) is 7.92. The number of thiophene rings is 1. The number of carbonyl (C=O) groups excluding carboxylic acids is 1. The largest absolute Gasteiger partial charge is 0.478 e. The normalized spacial score (nSPS) is 21.2. The van der Waals surface area contributed by atoms with E-state index in [1.54, 1.807) is 19.1 Å². The molecule has 0 spiro atoms. The van der Waals surface area contributed by atoms with E-state index < -0.39 is 15.6 Å². The molecule has 2 heterocycles. The molecule has 7 heteroatoms.